The second kappa shape index (κ2) is 8.00. The van der Waals surface area contributed by atoms with Crippen molar-refractivity contribution in [2.24, 2.45) is 0 Å². The van der Waals surface area contributed by atoms with Crippen LogP contribution in [0.4, 0.5) is 11.5 Å². The van der Waals surface area contributed by atoms with Gasteiger partial charge in [-0.1, -0.05) is 24.3 Å². The van der Waals surface area contributed by atoms with Crippen molar-refractivity contribution in [2.45, 2.75) is 24.5 Å². The summed E-state index contributed by atoms with van der Waals surface area (Å²) < 4.78 is 26.6. The first-order valence-corrected chi connectivity index (χ1v) is 10.8. The highest BCUT2D eigenvalue weighted by Crippen LogP contribution is 2.29. The largest absolute Gasteiger partial charge is 0.326 e. The third-order valence-corrected chi connectivity index (χ3v) is 6.36. The fraction of sp³-hybridized carbons (Fsp3) is 0.190. The summed E-state index contributed by atoms with van der Waals surface area (Å²) in [7, 11) is -3.38. The summed E-state index contributed by atoms with van der Waals surface area (Å²) in [5, 5.41) is 2.50. The first-order chi connectivity index (χ1) is 14.0. The normalized spacial score (nSPS) is 13.7. The molecule has 1 fully saturated rings. The third kappa shape index (κ3) is 4.97. The molecule has 1 aromatic carbocycles. The van der Waals surface area contributed by atoms with Gasteiger partial charge >= 0.3 is 0 Å². The van der Waals surface area contributed by atoms with Gasteiger partial charge in [0, 0.05) is 18.1 Å². The molecule has 2 aromatic heterocycles. The molecule has 0 atom stereocenters. The van der Waals surface area contributed by atoms with Crippen LogP contribution in [0.2, 0.25) is 0 Å². The van der Waals surface area contributed by atoms with Gasteiger partial charge in [0.1, 0.15) is 5.82 Å². The number of rotatable bonds is 7. The van der Waals surface area contributed by atoms with Gasteiger partial charge in [-0.3, -0.25) is 14.5 Å². The number of carbonyl (C=O) groups excluding carboxylic acids is 1. The molecule has 0 saturated heterocycles. The zero-order chi connectivity index (χ0) is 20.3. The quantitative estimate of drug-likeness (QED) is 0.625. The smallest absolute Gasteiger partial charge is 0.236 e. The van der Waals surface area contributed by atoms with Crippen LogP contribution in [0, 0.1) is 0 Å². The van der Waals surface area contributed by atoms with Gasteiger partial charge in [0.15, 0.2) is 0 Å². The summed E-state index contributed by atoms with van der Waals surface area (Å²) in [4.78, 5) is 20.7. The zero-order valence-electron chi connectivity index (χ0n) is 15.6. The number of nitrogens with zero attached hydrogens (tertiary/aromatic N) is 2. The summed E-state index contributed by atoms with van der Waals surface area (Å²) in [5.74, 6) is 0.0110. The number of amides is 1. The monoisotopic (exact) mass is 408 g/mol. The minimum Gasteiger partial charge on any atom is -0.326 e. The van der Waals surface area contributed by atoms with Crippen LogP contribution in [0.3, 0.4) is 0 Å². The lowest BCUT2D eigenvalue weighted by Gasteiger charge is -2.09. The Kier molecular flexibility index (Phi) is 5.26. The highest BCUT2D eigenvalue weighted by atomic mass is 32.2. The van der Waals surface area contributed by atoms with Crippen LogP contribution in [-0.2, 0) is 21.2 Å². The van der Waals surface area contributed by atoms with E-state index in [9.17, 15) is 13.2 Å². The van der Waals surface area contributed by atoms with Crippen molar-refractivity contribution in [1.29, 1.82) is 0 Å². The first-order valence-electron chi connectivity index (χ1n) is 9.27. The molecule has 0 aliphatic heterocycles. The lowest BCUT2D eigenvalue weighted by molar-refractivity contribution is -0.115. The number of benzene rings is 1. The topological polar surface area (TPSA) is 101 Å². The number of sulfonamides is 1. The summed E-state index contributed by atoms with van der Waals surface area (Å²) >= 11 is 0. The van der Waals surface area contributed by atoms with E-state index in [1.54, 1.807) is 30.6 Å². The number of hydrogen-bond donors (Lipinski definition) is 2. The number of nitrogens with one attached hydrogen (secondary N) is 2. The van der Waals surface area contributed by atoms with Crippen LogP contribution in [0.5, 0.6) is 0 Å². The molecule has 1 amide bonds. The van der Waals surface area contributed by atoms with Crippen molar-refractivity contribution in [2.75, 3.05) is 10.0 Å². The molecule has 4 rings (SSSR count). The van der Waals surface area contributed by atoms with Gasteiger partial charge in [-0.2, -0.15) is 0 Å². The molecule has 0 bridgehead atoms. The molecule has 2 heterocycles. The van der Waals surface area contributed by atoms with E-state index in [0.717, 1.165) is 11.1 Å². The van der Waals surface area contributed by atoms with Gasteiger partial charge in [0.2, 0.25) is 15.9 Å². The number of hydrogen-bond acceptors (Lipinski definition) is 5. The fourth-order valence-corrected chi connectivity index (χ4v) is 4.22. The van der Waals surface area contributed by atoms with Gasteiger partial charge < -0.3 is 5.32 Å². The maximum atomic E-state index is 12.4. The fourth-order valence-electron chi connectivity index (χ4n) is 2.89. The van der Waals surface area contributed by atoms with Crippen LogP contribution in [0.25, 0.3) is 11.1 Å². The highest BCUT2D eigenvalue weighted by molar-refractivity contribution is 7.93. The Morgan fingerprint density at radius 1 is 1.00 bits per heavy atom. The maximum absolute atomic E-state index is 12.4. The molecule has 0 radical (unpaired) electrons. The number of pyridine rings is 2. The van der Waals surface area contributed by atoms with E-state index in [1.807, 2.05) is 36.4 Å². The first kappa shape index (κ1) is 19.1. The average Bonchev–Trinajstić information content (AvgIpc) is 3.55. The predicted octanol–water partition coefficient (Wildman–Crippen LogP) is 3.23. The Bertz CT molecular complexity index is 1110. The Labute approximate surface area is 169 Å². The standard InChI is InChI=1S/C21H20N4O3S/c26-21(24-17-8-6-15(7-9-17)16-3-2-12-22-14-16)13-18-4-1-5-20(23-18)25-29(27,28)19-10-11-19/h1-9,12,14,19H,10-11,13H2,(H,23,25)(H,24,26). The SMILES string of the molecule is O=C(Cc1cccc(NS(=O)(=O)C2CC2)n1)Nc1ccc(-c2cccnc2)cc1. The maximum Gasteiger partial charge on any atom is 0.236 e. The molecule has 1 saturated carbocycles. The zero-order valence-corrected chi connectivity index (χ0v) is 16.4. The van der Waals surface area contributed by atoms with Crippen molar-refractivity contribution >= 4 is 27.4 Å². The van der Waals surface area contributed by atoms with Crippen molar-refractivity contribution in [1.82, 2.24) is 9.97 Å². The minimum atomic E-state index is -3.38. The van der Waals surface area contributed by atoms with E-state index in [2.05, 4.69) is 20.0 Å². The minimum absolute atomic E-state index is 0.0450. The molecular weight excluding hydrogens is 388 g/mol. The average molecular weight is 408 g/mol. The molecule has 1 aliphatic rings. The summed E-state index contributed by atoms with van der Waals surface area (Å²) in [5.41, 5.74) is 3.17. The molecule has 8 heteroatoms. The summed E-state index contributed by atoms with van der Waals surface area (Å²) in [6.07, 6.45) is 4.90. The van der Waals surface area contributed by atoms with Crippen molar-refractivity contribution in [3.63, 3.8) is 0 Å². The van der Waals surface area contributed by atoms with Crippen LogP contribution in [0.15, 0.2) is 67.0 Å². The predicted molar refractivity (Wildman–Crippen MR) is 112 cm³/mol. The highest BCUT2D eigenvalue weighted by Gasteiger charge is 2.35. The molecule has 0 spiro atoms. The molecular formula is C21H20N4O3S. The number of aromatic nitrogens is 2. The van der Waals surface area contributed by atoms with Crippen molar-refractivity contribution in [3.05, 3.63) is 72.7 Å². The second-order valence-corrected chi connectivity index (χ2v) is 8.87. The van der Waals surface area contributed by atoms with Gasteiger partial charge in [0.25, 0.3) is 0 Å². The molecule has 7 nitrogen and oxygen atoms in total. The van der Waals surface area contributed by atoms with E-state index >= 15 is 0 Å². The Morgan fingerprint density at radius 2 is 1.79 bits per heavy atom. The van der Waals surface area contributed by atoms with E-state index in [4.69, 9.17) is 0 Å². The second-order valence-electron chi connectivity index (χ2n) is 6.90. The van der Waals surface area contributed by atoms with E-state index < -0.39 is 10.0 Å². The lowest BCUT2D eigenvalue weighted by atomic mass is 10.1. The molecule has 3 aromatic rings. The van der Waals surface area contributed by atoms with Crippen LogP contribution >= 0.6 is 0 Å². The van der Waals surface area contributed by atoms with E-state index in [1.165, 1.54) is 0 Å². The van der Waals surface area contributed by atoms with Crippen LogP contribution < -0.4 is 10.0 Å². The van der Waals surface area contributed by atoms with Gasteiger partial charge in [0.05, 0.1) is 17.4 Å². The lowest BCUT2D eigenvalue weighted by Crippen LogP contribution is -2.19. The Balaban J connectivity index is 1.38. The van der Waals surface area contributed by atoms with Gasteiger partial charge in [-0.15, -0.1) is 0 Å². The van der Waals surface area contributed by atoms with Crippen LogP contribution in [-0.4, -0.2) is 29.5 Å². The Hall–Kier alpha value is -3.26. The molecule has 2 N–H and O–H groups in total. The molecule has 29 heavy (non-hydrogen) atoms. The third-order valence-electron chi connectivity index (χ3n) is 4.52. The molecule has 1 aliphatic carbocycles. The van der Waals surface area contributed by atoms with Crippen molar-refractivity contribution < 1.29 is 13.2 Å². The van der Waals surface area contributed by atoms with E-state index in [0.29, 0.717) is 24.2 Å². The Morgan fingerprint density at radius 3 is 2.48 bits per heavy atom. The van der Waals surface area contributed by atoms with Crippen molar-refractivity contribution in [3.8, 4) is 11.1 Å². The van der Waals surface area contributed by atoms with Crippen LogP contribution in [0.1, 0.15) is 18.5 Å². The summed E-state index contributed by atoms with van der Waals surface area (Å²) in [6, 6.07) is 16.3. The van der Waals surface area contributed by atoms with Gasteiger partial charge in [-0.25, -0.2) is 13.4 Å². The van der Waals surface area contributed by atoms with Gasteiger partial charge in [-0.05, 0) is 54.3 Å². The molecule has 0 unspecified atom stereocenters. The van der Waals surface area contributed by atoms with E-state index in [-0.39, 0.29) is 23.4 Å². The molecule has 148 valence electrons. The number of carbonyl (C=O) groups is 1. The summed E-state index contributed by atoms with van der Waals surface area (Å²) in [6.45, 7) is 0. The number of anilines is 2.